The van der Waals surface area contributed by atoms with E-state index in [1.807, 2.05) is 12.4 Å². The maximum Gasteiger partial charge on any atom is 0.0594 e. The monoisotopic (exact) mass is 254 g/mol. The standard InChI is InChI=1S/C17H22N2/c1-4-14-8-6-7-9-16(14)17(19-5-2)15-10-13(3)11-18-12-15/h6-12,17,19H,4-5H2,1-3H3. The minimum absolute atomic E-state index is 0.230. The van der Waals surface area contributed by atoms with Gasteiger partial charge >= 0.3 is 0 Å². The van der Waals surface area contributed by atoms with E-state index in [9.17, 15) is 0 Å². The summed E-state index contributed by atoms with van der Waals surface area (Å²) in [5, 5.41) is 3.58. The van der Waals surface area contributed by atoms with Crippen LogP contribution in [-0.2, 0) is 6.42 Å². The van der Waals surface area contributed by atoms with Crippen LogP contribution in [-0.4, -0.2) is 11.5 Å². The molecular weight excluding hydrogens is 232 g/mol. The SMILES string of the molecule is CCNC(c1cncc(C)c1)c1ccccc1CC. The quantitative estimate of drug-likeness (QED) is 0.881. The molecule has 0 saturated carbocycles. The molecule has 2 nitrogen and oxygen atoms in total. The van der Waals surface area contributed by atoms with Crippen LogP contribution in [0.2, 0.25) is 0 Å². The zero-order valence-corrected chi connectivity index (χ0v) is 12.0. The summed E-state index contributed by atoms with van der Waals surface area (Å²) in [5.41, 5.74) is 5.20. The Kier molecular flexibility index (Phi) is 4.69. The van der Waals surface area contributed by atoms with Crippen molar-refractivity contribution in [2.24, 2.45) is 0 Å². The Labute approximate surface area is 115 Å². The first-order valence-electron chi connectivity index (χ1n) is 6.99. The largest absolute Gasteiger partial charge is 0.306 e. The lowest BCUT2D eigenvalue weighted by molar-refractivity contribution is 0.623. The van der Waals surface area contributed by atoms with Gasteiger partial charge in [0.1, 0.15) is 0 Å². The van der Waals surface area contributed by atoms with E-state index in [1.165, 1.54) is 22.3 Å². The van der Waals surface area contributed by atoms with Gasteiger partial charge in [0.25, 0.3) is 0 Å². The lowest BCUT2D eigenvalue weighted by Crippen LogP contribution is -2.23. The van der Waals surface area contributed by atoms with Crippen molar-refractivity contribution in [3.05, 3.63) is 65.0 Å². The van der Waals surface area contributed by atoms with Gasteiger partial charge in [0.15, 0.2) is 0 Å². The molecule has 2 rings (SSSR count). The summed E-state index contributed by atoms with van der Waals surface area (Å²) in [6, 6.07) is 11.1. The van der Waals surface area contributed by atoms with Crippen LogP contribution in [0.4, 0.5) is 0 Å². The molecule has 0 saturated heterocycles. The van der Waals surface area contributed by atoms with E-state index in [1.54, 1.807) is 0 Å². The second-order valence-electron chi connectivity index (χ2n) is 4.84. The Hall–Kier alpha value is -1.67. The molecule has 1 aromatic heterocycles. The summed E-state index contributed by atoms with van der Waals surface area (Å²) in [6.07, 6.45) is 4.92. The Bertz CT molecular complexity index is 534. The molecule has 0 fully saturated rings. The molecule has 1 aromatic carbocycles. The van der Waals surface area contributed by atoms with Crippen LogP contribution in [0.15, 0.2) is 42.7 Å². The van der Waals surface area contributed by atoms with Gasteiger partial charge in [0.05, 0.1) is 6.04 Å². The number of nitrogens with one attached hydrogen (secondary N) is 1. The summed E-state index contributed by atoms with van der Waals surface area (Å²) >= 11 is 0. The van der Waals surface area contributed by atoms with Crippen LogP contribution in [0, 0.1) is 6.92 Å². The van der Waals surface area contributed by atoms with Crippen LogP contribution in [0.1, 0.15) is 42.1 Å². The number of rotatable bonds is 5. The third kappa shape index (κ3) is 3.21. The summed E-state index contributed by atoms with van der Waals surface area (Å²) in [7, 11) is 0. The number of hydrogen-bond donors (Lipinski definition) is 1. The molecular formula is C17H22N2. The first-order valence-corrected chi connectivity index (χ1v) is 6.99. The molecule has 1 N–H and O–H groups in total. The predicted octanol–water partition coefficient (Wildman–Crippen LogP) is 3.65. The molecule has 0 bridgehead atoms. The lowest BCUT2D eigenvalue weighted by Gasteiger charge is -2.21. The number of hydrogen-bond acceptors (Lipinski definition) is 2. The van der Waals surface area contributed by atoms with Gasteiger partial charge in [-0.05, 0) is 42.1 Å². The van der Waals surface area contributed by atoms with Crippen LogP contribution >= 0.6 is 0 Å². The number of pyridine rings is 1. The van der Waals surface area contributed by atoms with Gasteiger partial charge in [-0.15, -0.1) is 0 Å². The fourth-order valence-electron chi connectivity index (χ4n) is 2.49. The lowest BCUT2D eigenvalue weighted by atomic mass is 9.93. The average molecular weight is 254 g/mol. The van der Waals surface area contributed by atoms with E-state index in [-0.39, 0.29) is 6.04 Å². The van der Waals surface area contributed by atoms with Crippen LogP contribution in [0.25, 0.3) is 0 Å². The number of aryl methyl sites for hydroxylation is 2. The van der Waals surface area contributed by atoms with Crippen molar-refractivity contribution in [1.29, 1.82) is 0 Å². The van der Waals surface area contributed by atoms with Crippen molar-refractivity contribution < 1.29 is 0 Å². The van der Waals surface area contributed by atoms with Crippen molar-refractivity contribution in [3.8, 4) is 0 Å². The topological polar surface area (TPSA) is 24.9 Å². The third-order valence-electron chi connectivity index (χ3n) is 3.38. The highest BCUT2D eigenvalue weighted by Gasteiger charge is 2.15. The Morgan fingerprint density at radius 1 is 1.16 bits per heavy atom. The van der Waals surface area contributed by atoms with Gasteiger partial charge in [-0.1, -0.05) is 44.2 Å². The minimum atomic E-state index is 0.230. The van der Waals surface area contributed by atoms with Crippen molar-refractivity contribution in [2.75, 3.05) is 6.54 Å². The Morgan fingerprint density at radius 3 is 2.63 bits per heavy atom. The van der Waals surface area contributed by atoms with Crippen LogP contribution in [0.3, 0.4) is 0 Å². The highest BCUT2D eigenvalue weighted by Crippen LogP contribution is 2.25. The van der Waals surface area contributed by atoms with Gasteiger partial charge in [0.2, 0.25) is 0 Å². The molecule has 1 unspecified atom stereocenters. The summed E-state index contributed by atoms with van der Waals surface area (Å²) < 4.78 is 0. The second kappa shape index (κ2) is 6.48. The van der Waals surface area contributed by atoms with E-state index in [2.05, 4.69) is 61.4 Å². The summed E-state index contributed by atoms with van der Waals surface area (Å²) in [5.74, 6) is 0. The Balaban J connectivity index is 2.45. The molecule has 1 heterocycles. The molecule has 0 radical (unpaired) electrons. The molecule has 0 amide bonds. The van der Waals surface area contributed by atoms with Gasteiger partial charge in [-0.2, -0.15) is 0 Å². The number of aromatic nitrogens is 1. The molecule has 0 aliphatic carbocycles. The maximum absolute atomic E-state index is 4.33. The molecule has 100 valence electrons. The van der Waals surface area contributed by atoms with Crippen molar-refractivity contribution in [1.82, 2.24) is 10.3 Å². The molecule has 0 aliphatic rings. The predicted molar refractivity (Wildman–Crippen MR) is 80.3 cm³/mol. The molecule has 0 spiro atoms. The molecule has 1 atom stereocenters. The van der Waals surface area contributed by atoms with Crippen molar-refractivity contribution >= 4 is 0 Å². The highest BCUT2D eigenvalue weighted by molar-refractivity contribution is 5.37. The van der Waals surface area contributed by atoms with Crippen molar-refractivity contribution in [2.45, 2.75) is 33.2 Å². The van der Waals surface area contributed by atoms with Gasteiger partial charge in [0, 0.05) is 12.4 Å². The summed E-state index contributed by atoms with van der Waals surface area (Å²) in [6.45, 7) is 7.38. The first kappa shape index (κ1) is 13.8. The zero-order valence-electron chi connectivity index (χ0n) is 12.0. The van der Waals surface area contributed by atoms with Crippen LogP contribution < -0.4 is 5.32 Å². The summed E-state index contributed by atoms with van der Waals surface area (Å²) in [4.78, 5) is 4.33. The second-order valence-corrected chi connectivity index (χ2v) is 4.84. The van der Waals surface area contributed by atoms with E-state index >= 15 is 0 Å². The minimum Gasteiger partial charge on any atom is -0.306 e. The fourth-order valence-corrected chi connectivity index (χ4v) is 2.49. The smallest absolute Gasteiger partial charge is 0.0594 e. The molecule has 2 heteroatoms. The van der Waals surface area contributed by atoms with Gasteiger partial charge in [-0.3, -0.25) is 4.98 Å². The number of nitrogens with zero attached hydrogens (tertiary/aromatic N) is 1. The third-order valence-corrected chi connectivity index (χ3v) is 3.38. The van der Waals surface area contributed by atoms with E-state index in [4.69, 9.17) is 0 Å². The fraction of sp³-hybridized carbons (Fsp3) is 0.353. The molecule has 2 aromatic rings. The van der Waals surface area contributed by atoms with Gasteiger partial charge in [-0.25, -0.2) is 0 Å². The molecule has 19 heavy (non-hydrogen) atoms. The maximum atomic E-state index is 4.33. The van der Waals surface area contributed by atoms with Crippen LogP contribution in [0.5, 0.6) is 0 Å². The van der Waals surface area contributed by atoms with Crippen molar-refractivity contribution in [3.63, 3.8) is 0 Å². The average Bonchev–Trinajstić information content (AvgIpc) is 2.45. The zero-order chi connectivity index (χ0) is 13.7. The van der Waals surface area contributed by atoms with E-state index < -0.39 is 0 Å². The first-order chi connectivity index (χ1) is 9.26. The van der Waals surface area contributed by atoms with E-state index in [0.717, 1.165) is 13.0 Å². The molecule has 0 aliphatic heterocycles. The number of benzene rings is 1. The Morgan fingerprint density at radius 2 is 1.95 bits per heavy atom. The van der Waals surface area contributed by atoms with Gasteiger partial charge < -0.3 is 5.32 Å². The van der Waals surface area contributed by atoms with E-state index in [0.29, 0.717) is 0 Å². The highest BCUT2D eigenvalue weighted by atomic mass is 14.9. The normalized spacial score (nSPS) is 12.4.